The Morgan fingerprint density at radius 1 is 1.50 bits per heavy atom. The van der Waals surface area contributed by atoms with Crippen molar-refractivity contribution in [3.8, 4) is 0 Å². The van der Waals surface area contributed by atoms with Gasteiger partial charge >= 0.3 is 0 Å². The maximum Gasteiger partial charge on any atom is 0.128 e. The van der Waals surface area contributed by atoms with E-state index in [0.717, 1.165) is 22.5 Å². The monoisotopic (exact) mass is 285 g/mol. The number of hydrogen-bond donors (Lipinski definition) is 1. The lowest BCUT2D eigenvalue weighted by Gasteiger charge is -2.15. The minimum absolute atomic E-state index is 0.0799. The summed E-state index contributed by atoms with van der Waals surface area (Å²) in [6, 6.07) is 5.18. The van der Waals surface area contributed by atoms with Gasteiger partial charge in [-0.1, -0.05) is 28.8 Å². The molecule has 3 heteroatoms. The predicted octanol–water partition coefficient (Wildman–Crippen LogP) is 4.04. The molecule has 1 aliphatic rings. The van der Waals surface area contributed by atoms with Gasteiger partial charge in [0.15, 0.2) is 0 Å². The highest BCUT2D eigenvalue weighted by Gasteiger charge is 2.20. The lowest BCUT2D eigenvalue weighted by atomic mass is 10.1. The van der Waals surface area contributed by atoms with E-state index in [9.17, 15) is 4.39 Å². The Hall–Kier alpha value is -0.410. The van der Waals surface area contributed by atoms with Crippen molar-refractivity contribution in [1.29, 1.82) is 0 Å². The molecule has 2 rings (SSSR count). The lowest BCUT2D eigenvalue weighted by Crippen LogP contribution is -2.21. The van der Waals surface area contributed by atoms with E-state index in [1.807, 2.05) is 13.0 Å². The molecule has 0 heterocycles. The summed E-state index contributed by atoms with van der Waals surface area (Å²) in [5.41, 5.74) is 0.741. The van der Waals surface area contributed by atoms with Gasteiger partial charge in [-0.05, 0) is 44.0 Å². The summed E-state index contributed by atoms with van der Waals surface area (Å²) < 4.78 is 14.5. The van der Waals surface area contributed by atoms with Crippen molar-refractivity contribution in [3.05, 3.63) is 34.1 Å². The Morgan fingerprint density at radius 3 is 2.94 bits per heavy atom. The number of nitrogens with one attached hydrogen (secondary N) is 1. The van der Waals surface area contributed by atoms with Crippen molar-refractivity contribution in [1.82, 2.24) is 5.32 Å². The third-order valence-corrected chi connectivity index (χ3v) is 3.62. The van der Waals surface area contributed by atoms with Gasteiger partial charge in [-0.25, -0.2) is 4.39 Å². The minimum Gasteiger partial charge on any atom is -0.310 e. The Labute approximate surface area is 105 Å². The van der Waals surface area contributed by atoms with Crippen molar-refractivity contribution in [2.75, 3.05) is 6.54 Å². The van der Waals surface area contributed by atoms with Gasteiger partial charge in [0.05, 0.1) is 0 Å². The maximum absolute atomic E-state index is 13.6. The second-order valence-corrected chi connectivity index (χ2v) is 5.49. The molecule has 1 aromatic carbocycles. The average molecular weight is 286 g/mol. The van der Waals surface area contributed by atoms with Crippen molar-refractivity contribution in [2.45, 2.75) is 32.2 Å². The zero-order valence-corrected chi connectivity index (χ0v) is 11.1. The topological polar surface area (TPSA) is 12.0 Å². The zero-order chi connectivity index (χ0) is 11.5. The molecule has 0 spiro atoms. The van der Waals surface area contributed by atoms with E-state index in [1.54, 1.807) is 6.07 Å². The molecule has 1 aromatic rings. The summed E-state index contributed by atoms with van der Waals surface area (Å²) in [5.74, 6) is 0.793. The molecule has 1 nitrogen and oxygen atoms in total. The molecule has 0 aromatic heterocycles. The van der Waals surface area contributed by atoms with Gasteiger partial charge in [-0.2, -0.15) is 0 Å². The lowest BCUT2D eigenvalue weighted by molar-refractivity contribution is 0.510. The van der Waals surface area contributed by atoms with Gasteiger partial charge in [0.1, 0.15) is 5.82 Å². The second kappa shape index (κ2) is 5.28. The molecule has 0 saturated heterocycles. The number of benzene rings is 1. The summed E-state index contributed by atoms with van der Waals surface area (Å²) in [5, 5.41) is 3.38. The van der Waals surface area contributed by atoms with Crippen LogP contribution in [0.2, 0.25) is 0 Å². The molecule has 1 aliphatic carbocycles. The fraction of sp³-hybridized carbons (Fsp3) is 0.538. The molecule has 1 atom stereocenters. The Balaban J connectivity index is 1.90. The molecule has 0 amide bonds. The van der Waals surface area contributed by atoms with Crippen LogP contribution < -0.4 is 5.32 Å². The number of hydrogen-bond acceptors (Lipinski definition) is 1. The molecule has 0 aliphatic heterocycles. The van der Waals surface area contributed by atoms with Crippen LogP contribution in [0.25, 0.3) is 0 Å². The van der Waals surface area contributed by atoms with Crippen molar-refractivity contribution in [3.63, 3.8) is 0 Å². The van der Waals surface area contributed by atoms with Gasteiger partial charge in [0.2, 0.25) is 0 Å². The first-order valence-electron chi connectivity index (χ1n) is 5.85. The zero-order valence-electron chi connectivity index (χ0n) is 9.47. The molecule has 16 heavy (non-hydrogen) atoms. The Bertz CT molecular complexity index is 363. The number of rotatable bonds is 5. The Morgan fingerprint density at radius 2 is 2.25 bits per heavy atom. The summed E-state index contributed by atoms with van der Waals surface area (Å²) in [6.07, 6.45) is 3.97. The first-order valence-corrected chi connectivity index (χ1v) is 6.64. The van der Waals surface area contributed by atoms with Crippen LogP contribution in [0.4, 0.5) is 4.39 Å². The molecule has 1 saturated carbocycles. The fourth-order valence-corrected chi connectivity index (χ4v) is 2.25. The molecule has 1 unspecified atom stereocenters. The van der Waals surface area contributed by atoms with Crippen LogP contribution in [0.1, 0.15) is 37.8 Å². The van der Waals surface area contributed by atoms with Crippen molar-refractivity contribution >= 4 is 15.9 Å². The van der Waals surface area contributed by atoms with E-state index >= 15 is 0 Å². The molecule has 1 fully saturated rings. The van der Waals surface area contributed by atoms with Crippen LogP contribution in [-0.2, 0) is 0 Å². The van der Waals surface area contributed by atoms with Crippen LogP contribution in [-0.4, -0.2) is 6.54 Å². The van der Waals surface area contributed by atoms with E-state index < -0.39 is 0 Å². The maximum atomic E-state index is 13.6. The smallest absolute Gasteiger partial charge is 0.128 e. The molecule has 0 bridgehead atoms. The number of halogens is 2. The highest BCUT2D eigenvalue weighted by atomic mass is 79.9. The van der Waals surface area contributed by atoms with Gasteiger partial charge < -0.3 is 5.32 Å². The van der Waals surface area contributed by atoms with Crippen LogP contribution >= 0.6 is 15.9 Å². The van der Waals surface area contributed by atoms with Crippen LogP contribution in [0.5, 0.6) is 0 Å². The SMILES string of the molecule is CC(NCCC1CC1)c1cc(Br)ccc1F. The first kappa shape index (κ1) is 12.1. The fourth-order valence-electron chi connectivity index (χ4n) is 1.87. The average Bonchev–Trinajstić information content (AvgIpc) is 3.05. The molecular weight excluding hydrogens is 269 g/mol. The van der Waals surface area contributed by atoms with E-state index in [4.69, 9.17) is 0 Å². The Kier molecular flexibility index (Phi) is 3.98. The van der Waals surface area contributed by atoms with Gasteiger partial charge in [0, 0.05) is 16.1 Å². The van der Waals surface area contributed by atoms with Crippen molar-refractivity contribution in [2.24, 2.45) is 5.92 Å². The predicted molar refractivity (Wildman–Crippen MR) is 67.9 cm³/mol. The van der Waals surface area contributed by atoms with Crippen LogP contribution in [0.3, 0.4) is 0 Å². The highest BCUT2D eigenvalue weighted by Crippen LogP contribution is 2.32. The van der Waals surface area contributed by atoms with Crippen molar-refractivity contribution < 1.29 is 4.39 Å². The highest BCUT2D eigenvalue weighted by molar-refractivity contribution is 9.10. The van der Waals surface area contributed by atoms with E-state index in [-0.39, 0.29) is 11.9 Å². The second-order valence-electron chi connectivity index (χ2n) is 4.57. The normalized spacial score (nSPS) is 17.4. The summed E-state index contributed by atoms with van der Waals surface area (Å²) in [4.78, 5) is 0. The molecule has 1 N–H and O–H groups in total. The van der Waals surface area contributed by atoms with E-state index in [2.05, 4.69) is 21.2 Å². The summed E-state index contributed by atoms with van der Waals surface area (Å²) in [6.45, 7) is 3.00. The first-order chi connectivity index (χ1) is 7.66. The minimum atomic E-state index is -0.130. The van der Waals surface area contributed by atoms with Gasteiger partial charge in [0.25, 0.3) is 0 Å². The van der Waals surface area contributed by atoms with Gasteiger partial charge in [-0.3, -0.25) is 0 Å². The molecule has 0 radical (unpaired) electrons. The van der Waals surface area contributed by atoms with Gasteiger partial charge in [-0.15, -0.1) is 0 Å². The van der Waals surface area contributed by atoms with Crippen LogP contribution in [0, 0.1) is 11.7 Å². The van der Waals surface area contributed by atoms with E-state index in [1.165, 1.54) is 25.3 Å². The third kappa shape index (κ3) is 3.29. The quantitative estimate of drug-likeness (QED) is 0.861. The molecule has 88 valence electrons. The third-order valence-electron chi connectivity index (χ3n) is 3.12. The standard InChI is InChI=1S/C13H17BrFN/c1-9(16-7-6-10-2-3-10)12-8-11(14)4-5-13(12)15/h4-5,8-10,16H,2-3,6-7H2,1H3. The summed E-state index contributed by atoms with van der Waals surface area (Å²) >= 11 is 3.37. The largest absolute Gasteiger partial charge is 0.310 e. The van der Waals surface area contributed by atoms with Crippen LogP contribution in [0.15, 0.2) is 22.7 Å². The van der Waals surface area contributed by atoms with E-state index in [0.29, 0.717) is 0 Å². The molecular formula is C13H17BrFN. The summed E-state index contributed by atoms with van der Waals surface area (Å²) in [7, 11) is 0.